The lowest BCUT2D eigenvalue weighted by atomic mass is 9.80. The Hall–Kier alpha value is -2.57. The first-order chi connectivity index (χ1) is 16.9. The highest BCUT2D eigenvalue weighted by Gasteiger charge is 2.38. The monoisotopic (exact) mass is 499 g/mol. The number of nitrogens with zero attached hydrogens (tertiary/aromatic N) is 2. The molecule has 1 saturated carbocycles. The van der Waals surface area contributed by atoms with Gasteiger partial charge in [0.2, 0.25) is 5.91 Å². The summed E-state index contributed by atoms with van der Waals surface area (Å²) in [4.78, 5) is 33.4. The van der Waals surface area contributed by atoms with E-state index in [-0.39, 0.29) is 29.8 Å². The summed E-state index contributed by atoms with van der Waals surface area (Å²) < 4.78 is 19.4. The highest BCUT2D eigenvalue weighted by molar-refractivity contribution is 5.86. The highest BCUT2D eigenvalue weighted by atomic mass is 19.1. The molecule has 198 valence electrons. The van der Waals surface area contributed by atoms with Gasteiger partial charge in [0.25, 0.3) is 0 Å². The summed E-state index contributed by atoms with van der Waals surface area (Å²) in [5, 5.41) is 1.07. The van der Waals surface area contributed by atoms with Crippen molar-refractivity contribution in [1.29, 1.82) is 0 Å². The van der Waals surface area contributed by atoms with Crippen molar-refractivity contribution in [2.75, 3.05) is 20.1 Å². The van der Waals surface area contributed by atoms with Crippen molar-refractivity contribution in [2.45, 2.75) is 84.8 Å². The molecule has 6 nitrogen and oxygen atoms in total. The minimum atomic E-state index is -0.505. The molecule has 0 spiro atoms. The zero-order chi connectivity index (χ0) is 26.2. The van der Waals surface area contributed by atoms with E-state index >= 15 is 0 Å². The van der Waals surface area contributed by atoms with Crippen LogP contribution >= 0.6 is 0 Å². The molecule has 1 aromatic heterocycles. The fraction of sp³-hybridized carbons (Fsp3) is 0.655. The van der Waals surface area contributed by atoms with Gasteiger partial charge in [0.1, 0.15) is 11.4 Å². The smallest absolute Gasteiger partial charge is 0.410 e. The maximum atomic E-state index is 13.9. The molecule has 0 radical (unpaired) electrons. The number of benzene rings is 1. The van der Waals surface area contributed by atoms with Crippen molar-refractivity contribution in [3.63, 3.8) is 0 Å². The van der Waals surface area contributed by atoms with Crippen molar-refractivity contribution in [1.82, 2.24) is 14.8 Å². The maximum Gasteiger partial charge on any atom is 0.410 e. The van der Waals surface area contributed by atoms with Crippen LogP contribution in [0.25, 0.3) is 10.9 Å². The van der Waals surface area contributed by atoms with Crippen LogP contribution in [0.4, 0.5) is 9.18 Å². The van der Waals surface area contributed by atoms with E-state index in [9.17, 15) is 14.0 Å². The minimum absolute atomic E-state index is 0.00673. The second kappa shape index (κ2) is 10.4. The summed E-state index contributed by atoms with van der Waals surface area (Å²) in [6.07, 6.45) is 4.94. The van der Waals surface area contributed by atoms with Gasteiger partial charge in [-0.15, -0.1) is 0 Å². The van der Waals surface area contributed by atoms with Crippen LogP contribution in [0, 0.1) is 23.6 Å². The van der Waals surface area contributed by atoms with Crippen LogP contribution < -0.4 is 0 Å². The molecule has 2 amide bonds. The Bertz CT molecular complexity index is 1100. The Morgan fingerprint density at radius 2 is 1.89 bits per heavy atom. The van der Waals surface area contributed by atoms with E-state index in [1.165, 1.54) is 11.6 Å². The molecule has 1 N–H and O–H groups in total. The molecular weight excluding hydrogens is 457 g/mol. The van der Waals surface area contributed by atoms with Gasteiger partial charge < -0.3 is 19.5 Å². The molecule has 1 unspecified atom stereocenters. The van der Waals surface area contributed by atoms with Crippen LogP contribution in [0.1, 0.15) is 84.0 Å². The number of carbonyl (C=O) groups is 2. The molecule has 2 aromatic rings. The third kappa shape index (κ3) is 5.87. The molecule has 1 aliphatic heterocycles. The Kier molecular flexibility index (Phi) is 7.67. The zero-order valence-electron chi connectivity index (χ0n) is 22.7. The van der Waals surface area contributed by atoms with Crippen LogP contribution in [0.15, 0.2) is 18.2 Å². The molecule has 2 heterocycles. The van der Waals surface area contributed by atoms with E-state index in [2.05, 4.69) is 23.7 Å². The number of halogens is 1. The topological polar surface area (TPSA) is 65.6 Å². The van der Waals surface area contributed by atoms with Gasteiger partial charge in [0.05, 0.1) is 6.04 Å². The Morgan fingerprint density at radius 3 is 2.53 bits per heavy atom. The number of ether oxygens (including phenoxy) is 1. The summed E-state index contributed by atoms with van der Waals surface area (Å²) in [5.41, 5.74) is 2.62. The van der Waals surface area contributed by atoms with Gasteiger partial charge in [-0.3, -0.25) is 4.79 Å². The van der Waals surface area contributed by atoms with Gasteiger partial charge in [-0.05, 0) is 94.9 Å². The Balaban J connectivity index is 1.42. The van der Waals surface area contributed by atoms with Gasteiger partial charge in [0.15, 0.2) is 0 Å². The Labute approximate surface area is 214 Å². The second-order valence-corrected chi connectivity index (χ2v) is 12.2. The summed E-state index contributed by atoms with van der Waals surface area (Å²) >= 11 is 0. The first-order valence-corrected chi connectivity index (χ1v) is 13.5. The number of nitrogens with one attached hydrogen (secondary N) is 1. The van der Waals surface area contributed by atoms with Crippen LogP contribution in [-0.4, -0.2) is 52.5 Å². The molecular formula is C29H42FN3O3. The quantitative estimate of drug-likeness (QED) is 0.514. The van der Waals surface area contributed by atoms with Gasteiger partial charge >= 0.3 is 6.09 Å². The summed E-state index contributed by atoms with van der Waals surface area (Å²) in [6.45, 7) is 11.4. The highest BCUT2D eigenvalue weighted by Crippen LogP contribution is 2.40. The minimum Gasteiger partial charge on any atom is -0.444 e. The van der Waals surface area contributed by atoms with E-state index in [0.29, 0.717) is 24.9 Å². The largest absolute Gasteiger partial charge is 0.444 e. The SMILES string of the molecule is CC(C)CC1c2[nH]c3cc(F)ccc3c2CCN1C(=O)[C@H]1CC[C@H](CN(C)C(=O)OC(C)(C)C)CC1. The van der Waals surface area contributed by atoms with E-state index in [0.717, 1.165) is 55.1 Å². The van der Waals surface area contributed by atoms with Crippen molar-refractivity contribution >= 4 is 22.9 Å². The number of fused-ring (bicyclic) bond motifs is 3. The predicted molar refractivity (Wildman–Crippen MR) is 140 cm³/mol. The van der Waals surface area contributed by atoms with E-state index in [4.69, 9.17) is 4.74 Å². The lowest BCUT2D eigenvalue weighted by molar-refractivity contribution is -0.140. The normalized spacial score (nSPS) is 22.6. The van der Waals surface area contributed by atoms with Gasteiger partial charge in [-0.25, -0.2) is 9.18 Å². The van der Waals surface area contributed by atoms with Crippen LogP contribution in [0.5, 0.6) is 0 Å². The standard InChI is InChI=1S/C29H42FN3O3/c1-18(2)15-25-26-23(22-12-11-21(30)16-24(22)31-26)13-14-33(25)27(34)20-9-7-19(8-10-20)17-32(6)28(35)36-29(3,4)5/h11-12,16,18-20,25,31H,7-10,13-15,17H2,1-6H3/t19-,20-,25?. The first-order valence-electron chi connectivity index (χ1n) is 13.5. The number of hydrogen-bond donors (Lipinski definition) is 1. The molecule has 36 heavy (non-hydrogen) atoms. The fourth-order valence-electron chi connectivity index (χ4n) is 5.93. The summed E-state index contributed by atoms with van der Waals surface area (Å²) in [6, 6.07) is 4.93. The van der Waals surface area contributed by atoms with Crippen LogP contribution in [-0.2, 0) is 16.0 Å². The Morgan fingerprint density at radius 1 is 1.19 bits per heavy atom. The third-order valence-corrected chi connectivity index (χ3v) is 7.62. The molecule has 0 saturated heterocycles. The lowest BCUT2D eigenvalue weighted by Crippen LogP contribution is -2.45. The lowest BCUT2D eigenvalue weighted by Gasteiger charge is -2.40. The number of aromatic nitrogens is 1. The van der Waals surface area contributed by atoms with Gasteiger partial charge in [-0.1, -0.05) is 13.8 Å². The van der Waals surface area contributed by atoms with Crippen LogP contribution in [0.3, 0.4) is 0 Å². The first kappa shape index (κ1) is 26.5. The van der Waals surface area contributed by atoms with Crippen LogP contribution in [0.2, 0.25) is 0 Å². The van der Waals surface area contributed by atoms with Crippen molar-refractivity contribution < 1.29 is 18.7 Å². The number of H-pyrrole nitrogens is 1. The number of aromatic amines is 1. The maximum absolute atomic E-state index is 13.9. The van der Waals surface area contributed by atoms with E-state index < -0.39 is 5.60 Å². The van der Waals surface area contributed by atoms with Gasteiger partial charge in [0, 0.05) is 42.7 Å². The molecule has 4 rings (SSSR count). The third-order valence-electron chi connectivity index (χ3n) is 7.62. The zero-order valence-corrected chi connectivity index (χ0v) is 22.7. The van der Waals surface area contributed by atoms with E-state index in [1.54, 1.807) is 18.0 Å². The van der Waals surface area contributed by atoms with Gasteiger partial charge in [-0.2, -0.15) is 0 Å². The average Bonchev–Trinajstić information content (AvgIpc) is 3.16. The van der Waals surface area contributed by atoms with E-state index in [1.807, 2.05) is 26.8 Å². The predicted octanol–water partition coefficient (Wildman–Crippen LogP) is 6.45. The molecule has 7 heteroatoms. The van der Waals surface area contributed by atoms with Crippen molar-refractivity contribution in [3.05, 3.63) is 35.3 Å². The number of hydrogen-bond acceptors (Lipinski definition) is 3. The molecule has 1 aromatic carbocycles. The molecule has 1 atom stereocenters. The van der Waals surface area contributed by atoms with Crippen molar-refractivity contribution in [3.8, 4) is 0 Å². The molecule has 1 fully saturated rings. The molecule has 0 bridgehead atoms. The second-order valence-electron chi connectivity index (χ2n) is 12.2. The molecule has 1 aliphatic carbocycles. The fourth-order valence-corrected chi connectivity index (χ4v) is 5.93. The summed E-state index contributed by atoms with van der Waals surface area (Å²) in [5.74, 6) is 0.831. The summed E-state index contributed by atoms with van der Waals surface area (Å²) in [7, 11) is 1.79. The number of amides is 2. The number of carbonyl (C=O) groups excluding carboxylic acids is 2. The molecule has 2 aliphatic rings. The number of rotatable bonds is 5. The average molecular weight is 500 g/mol. The van der Waals surface area contributed by atoms with Crippen molar-refractivity contribution in [2.24, 2.45) is 17.8 Å².